The zero-order chi connectivity index (χ0) is 10.7. The van der Waals surface area contributed by atoms with Gasteiger partial charge in [0.25, 0.3) is 0 Å². The van der Waals surface area contributed by atoms with Crippen LogP contribution in [0.5, 0.6) is 0 Å². The molecule has 0 aromatic heterocycles. The summed E-state index contributed by atoms with van der Waals surface area (Å²) in [6.07, 6.45) is -0.883. The second-order valence-corrected chi connectivity index (χ2v) is 3.71. The van der Waals surface area contributed by atoms with E-state index in [4.69, 9.17) is 20.7 Å². The first-order valence-electron chi connectivity index (χ1n) is 3.79. The molecule has 0 heterocycles. The smallest absolute Gasteiger partial charge is 0.411 e. The largest absolute Gasteiger partial charge is 0.444 e. The number of aliphatic hydroxyl groups is 2. The summed E-state index contributed by atoms with van der Waals surface area (Å²) in [5, 5.41) is 19.4. The molecule has 0 aliphatic carbocycles. The number of carbonyl (C=O) groups excluding carboxylic acids is 1. The molecule has 0 aliphatic rings. The van der Waals surface area contributed by atoms with E-state index < -0.39 is 24.2 Å². The number of rotatable bonds is 2. The van der Waals surface area contributed by atoms with E-state index >= 15 is 0 Å². The molecule has 0 saturated heterocycles. The van der Waals surface area contributed by atoms with Crippen LogP contribution in [0, 0.1) is 0 Å². The molecule has 13 heavy (non-hydrogen) atoms. The SMILES string of the molecule is CC(C)(C)OC(=O)NC(N)(O)CO. The van der Waals surface area contributed by atoms with Gasteiger partial charge in [-0.1, -0.05) is 0 Å². The predicted octanol–water partition coefficient (Wildman–Crippen LogP) is -0.892. The lowest BCUT2D eigenvalue weighted by Gasteiger charge is -2.25. The Kier molecular flexibility index (Phi) is 3.65. The molecule has 1 atom stereocenters. The Morgan fingerprint density at radius 3 is 2.31 bits per heavy atom. The summed E-state index contributed by atoms with van der Waals surface area (Å²) in [6, 6.07) is 0. The summed E-state index contributed by atoms with van der Waals surface area (Å²) in [7, 11) is 0. The molecule has 0 saturated carbocycles. The van der Waals surface area contributed by atoms with Gasteiger partial charge in [0.05, 0.1) is 0 Å². The Morgan fingerprint density at radius 1 is 1.54 bits per heavy atom. The Hall–Kier alpha value is -0.850. The first kappa shape index (κ1) is 12.2. The highest BCUT2D eigenvalue weighted by atomic mass is 16.6. The van der Waals surface area contributed by atoms with Crippen LogP contribution >= 0.6 is 0 Å². The van der Waals surface area contributed by atoms with Crippen LogP contribution in [0.1, 0.15) is 20.8 Å². The lowest BCUT2D eigenvalue weighted by Crippen LogP contribution is -2.59. The highest BCUT2D eigenvalue weighted by Crippen LogP contribution is 2.06. The maximum Gasteiger partial charge on any atom is 0.411 e. The average Bonchev–Trinajstić information content (AvgIpc) is 1.81. The van der Waals surface area contributed by atoms with Crippen molar-refractivity contribution in [3.8, 4) is 0 Å². The molecule has 0 rings (SSSR count). The maximum absolute atomic E-state index is 10.9. The minimum Gasteiger partial charge on any atom is -0.444 e. The standard InChI is InChI=1S/C7H16N2O4/c1-6(2,3)13-5(11)9-7(8,12)4-10/h10,12H,4,8H2,1-3H3,(H,9,11). The van der Waals surface area contributed by atoms with E-state index in [0.717, 1.165) is 0 Å². The van der Waals surface area contributed by atoms with Gasteiger partial charge in [0.2, 0.25) is 5.85 Å². The normalized spacial score (nSPS) is 16.2. The summed E-state index contributed by atoms with van der Waals surface area (Å²) < 4.78 is 4.77. The number of nitrogens with one attached hydrogen (secondary N) is 1. The highest BCUT2D eigenvalue weighted by Gasteiger charge is 2.25. The van der Waals surface area contributed by atoms with Crippen molar-refractivity contribution >= 4 is 6.09 Å². The average molecular weight is 192 g/mol. The van der Waals surface area contributed by atoms with Crippen molar-refractivity contribution < 1.29 is 19.7 Å². The molecule has 0 aromatic rings. The molecule has 6 nitrogen and oxygen atoms in total. The number of ether oxygens (including phenoxy) is 1. The van der Waals surface area contributed by atoms with Gasteiger partial charge in [-0.2, -0.15) is 0 Å². The fraction of sp³-hybridized carbons (Fsp3) is 0.857. The quantitative estimate of drug-likeness (QED) is 0.425. The molecular formula is C7H16N2O4. The van der Waals surface area contributed by atoms with Crippen molar-refractivity contribution in [2.45, 2.75) is 32.2 Å². The van der Waals surface area contributed by atoms with Crippen molar-refractivity contribution in [1.29, 1.82) is 0 Å². The third-order valence-electron chi connectivity index (χ3n) is 0.958. The predicted molar refractivity (Wildman–Crippen MR) is 45.6 cm³/mol. The van der Waals surface area contributed by atoms with Gasteiger partial charge in [-0.15, -0.1) is 0 Å². The fourth-order valence-electron chi connectivity index (χ4n) is 0.520. The summed E-state index contributed by atoms with van der Waals surface area (Å²) >= 11 is 0. The molecule has 0 bridgehead atoms. The number of hydrogen-bond acceptors (Lipinski definition) is 5. The van der Waals surface area contributed by atoms with Gasteiger partial charge in [0, 0.05) is 0 Å². The molecule has 6 heteroatoms. The number of hydrogen-bond donors (Lipinski definition) is 4. The van der Waals surface area contributed by atoms with Crippen molar-refractivity contribution in [2.75, 3.05) is 6.61 Å². The number of alkyl carbamates (subject to hydrolysis) is 1. The van der Waals surface area contributed by atoms with Crippen LogP contribution in [-0.4, -0.2) is 34.4 Å². The van der Waals surface area contributed by atoms with Crippen LogP contribution in [0.15, 0.2) is 0 Å². The lowest BCUT2D eigenvalue weighted by molar-refractivity contribution is -0.0445. The number of amides is 1. The second kappa shape index (κ2) is 3.91. The Morgan fingerprint density at radius 2 is 2.00 bits per heavy atom. The van der Waals surface area contributed by atoms with E-state index in [-0.39, 0.29) is 0 Å². The first-order chi connectivity index (χ1) is 5.66. The van der Waals surface area contributed by atoms with Crippen molar-refractivity contribution in [3.05, 3.63) is 0 Å². The van der Waals surface area contributed by atoms with E-state index in [2.05, 4.69) is 0 Å². The number of aliphatic hydroxyl groups excluding tert-OH is 1. The second-order valence-electron chi connectivity index (χ2n) is 3.71. The minimum atomic E-state index is -2.14. The van der Waals surface area contributed by atoms with Crippen molar-refractivity contribution in [2.24, 2.45) is 5.73 Å². The van der Waals surface area contributed by atoms with Gasteiger partial charge in [-0.3, -0.25) is 11.1 Å². The third-order valence-corrected chi connectivity index (χ3v) is 0.958. The zero-order valence-corrected chi connectivity index (χ0v) is 8.00. The number of carbonyl (C=O) groups is 1. The van der Waals surface area contributed by atoms with Gasteiger partial charge in [0.15, 0.2) is 0 Å². The minimum absolute atomic E-state index is 0.671. The molecule has 0 aromatic carbocycles. The summed E-state index contributed by atoms with van der Waals surface area (Å²) in [6.45, 7) is 4.22. The molecule has 78 valence electrons. The first-order valence-corrected chi connectivity index (χ1v) is 3.79. The van der Waals surface area contributed by atoms with E-state index in [0.29, 0.717) is 0 Å². The zero-order valence-electron chi connectivity index (χ0n) is 8.00. The van der Waals surface area contributed by atoms with Crippen LogP contribution in [-0.2, 0) is 4.74 Å². The van der Waals surface area contributed by atoms with Crippen LogP contribution in [0.2, 0.25) is 0 Å². The summed E-state index contributed by atoms with van der Waals surface area (Å²) in [4.78, 5) is 10.9. The molecule has 0 fully saturated rings. The monoisotopic (exact) mass is 192 g/mol. The van der Waals surface area contributed by atoms with Crippen LogP contribution in [0.3, 0.4) is 0 Å². The summed E-state index contributed by atoms with van der Waals surface area (Å²) in [5.41, 5.74) is 4.36. The van der Waals surface area contributed by atoms with Gasteiger partial charge in [-0.05, 0) is 20.8 Å². The highest BCUT2D eigenvalue weighted by molar-refractivity contribution is 5.68. The number of nitrogens with two attached hydrogens (primary N) is 1. The molecule has 5 N–H and O–H groups in total. The van der Waals surface area contributed by atoms with Crippen LogP contribution < -0.4 is 11.1 Å². The van der Waals surface area contributed by atoms with Crippen LogP contribution in [0.25, 0.3) is 0 Å². The molecule has 1 amide bonds. The summed E-state index contributed by atoms with van der Waals surface area (Å²) in [5.74, 6) is -2.14. The fourth-order valence-corrected chi connectivity index (χ4v) is 0.520. The Labute approximate surface area is 76.7 Å². The van der Waals surface area contributed by atoms with E-state index in [1.54, 1.807) is 20.8 Å². The maximum atomic E-state index is 10.9. The lowest BCUT2D eigenvalue weighted by atomic mass is 10.2. The third kappa shape index (κ3) is 6.32. The topological polar surface area (TPSA) is 105 Å². The molecule has 0 radical (unpaired) electrons. The van der Waals surface area contributed by atoms with Gasteiger partial charge in [-0.25, -0.2) is 4.79 Å². The Bertz CT molecular complexity index is 185. The van der Waals surface area contributed by atoms with E-state index in [1.807, 2.05) is 5.32 Å². The van der Waals surface area contributed by atoms with Gasteiger partial charge < -0.3 is 14.9 Å². The molecule has 1 unspecified atom stereocenters. The van der Waals surface area contributed by atoms with Gasteiger partial charge >= 0.3 is 6.09 Å². The van der Waals surface area contributed by atoms with Crippen LogP contribution in [0.4, 0.5) is 4.79 Å². The van der Waals surface area contributed by atoms with Crippen molar-refractivity contribution in [1.82, 2.24) is 5.32 Å². The molecule has 0 aliphatic heterocycles. The van der Waals surface area contributed by atoms with Crippen molar-refractivity contribution in [3.63, 3.8) is 0 Å². The van der Waals surface area contributed by atoms with E-state index in [9.17, 15) is 4.79 Å². The molecular weight excluding hydrogens is 176 g/mol. The molecule has 0 spiro atoms. The Balaban J connectivity index is 4.03. The van der Waals surface area contributed by atoms with Gasteiger partial charge in [0.1, 0.15) is 12.2 Å². The van der Waals surface area contributed by atoms with E-state index in [1.165, 1.54) is 0 Å².